The highest BCUT2D eigenvalue weighted by molar-refractivity contribution is 7.22. The molecular formula is C27H23N3O3S. The molecule has 6 nitrogen and oxygen atoms in total. The van der Waals surface area contributed by atoms with Crippen molar-refractivity contribution in [3.63, 3.8) is 0 Å². The summed E-state index contributed by atoms with van der Waals surface area (Å²) in [6.07, 6.45) is 0. The molecule has 3 aromatic carbocycles. The summed E-state index contributed by atoms with van der Waals surface area (Å²) in [5.74, 6) is -1.62. The van der Waals surface area contributed by atoms with Crippen molar-refractivity contribution >= 4 is 49.8 Å². The number of ketones is 1. The highest BCUT2D eigenvalue weighted by Gasteiger charge is 2.48. The Morgan fingerprint density at radius 2 is 1.71 bits per heavy atom. The molecule has 1 atom stereocenters. The highest BCUT2D eigenvalue weighted by atomic mass is 32.1. The number of aromatic nitrogens is 1. The average Bonchev–Trinajstić information content (AvgIpc) is 3.37. The van der Waals surface area contributed by atoms with E-state index in [1.54, 1.807) is 24.3 Å². The average molecular weight is 470 g/mol. The number of anilines is 2. The second-order valence-corrected chi connectivity index (χ2v) is 9.50. The topological polar surface area (TPSA) is 73.7 Å². The van der Waals surface area contributed by atoms with Crippen molar-refractivity contribution < 1.29 is 14.7 Å². The van der Waals surface area contributed by atoms with Crippen LogP contribution in [0.15, 0.2) is 78.4 Å². The Morgan fingerprint density at radius 1 is 1.00 bits per heavy atom. The van der Waals surface area contributed by atoms with Crippen LogP contribution in [-0.4, -0.2) is 35.9 Å². The number of rotatable bonds is 4. The molecule has 2 heterocycles. The van der Waals surface area contributed by atoms with Crippen LogP contribution >= 0.6 is 11.3 Å². The molecule has 1 aromatic heterocycles. The number of aryl methyl sites for hydroxylation is 1. The fourth-order valence-corrected chi connectivity index (χ4v) is 5.26. The number of fused-ring (bicyclic) bond motifs is 1. The van der Waals surface area contributed by atoms with E-state index in [1.807, 2.05) is 74.4 Å². The van der Waals surface area contributed by atoms with Gasteiger partial charge in [0.05, 0.1) is 21.8 Å². The maximum Gasteiger partial charge on any atom is 0.301 e. The van der Waals surface area contributed by atoms with Gasteiger partial charge in [-0.15, -0.1) is 0 Å². The maximum absolute atomic E-state index is 13.3. The first-order valence-electron chi connectivity index (χ1n) is 10.9. The van der Waals surface area contributed by atoms with Crippen molar-refractivity contribution in [2.45, 2.75) is 13.0 Å². The normalized spacial score (nSPS) is 17.5. The fraction of sp³-hybridized carbons (Fsp3) is 0.148. The van der Waals surface area contributed by atoms with E-state index in [0.717, 1.165) is 27.0 Å². The van der Waals surface area contributed by atoms with Gasteiger partial charge in [-0.25, -0.2) is 4.98 Å². The van der Waals surface area contributed by atoms with Gasteiger partial charge in [0.25, 0.3) is 5.78 Å². The van der Waals surface area contributed by atoms with Gasteiger partial charge in [-0.1, -0.05) is 59.9 Å². The number of carbonyl (C=O) groups excluding carboxylic acids is 2. The van der Waals surface area contributed by atoms with E-state index in [0.29, 0.717) is 10.7 Å². The minimum Gasteiger partial charge on any atom is -0.507 e. The summed E-state index contributed by atoms with van der Waals surface area (Å²) in [6.45, 7) is 2.00. The molecule has 1 aliphatic rings. The first kappa shape index (κ1) is 21.9. The second-order valence-electron chi connectivity index (χ2n) is 8.49. The molecule has 1 saturated heterocycles. The number of nitrogens with zero attached hydrogens (tertiary/aromatic N) is 3. The molecule has 5 rings (SSSR count). The van der Waals surface area contributed by atoms with Gasteiger partial charge in [0, 0.05) is 25.3 Å². The lowest BCUT2D eigenvalue weighted by molar-refractivity contribution is -0.132. The van der Waals surface area contributed by atoms with Crippen molar-refractivity contribution in [1.82, 2.24) is 4.98 Å². The van der Waals surface area contributed by atoms with E-state index in [4.69, 9.17) is 0 Å². The molecule has 1 N–H and O–H groups in total. The van der Waals surface area contributed by atoms with Crippen molar-refractivity contribution in [3.8, 4) is 0 Å². The third-order valence-corrected chi connectivity index (χ3v) is 6.97. The highest BCUT2D eigenvalue weighted by Crippen LogP contribution is 2.44. The monoisotopic (exact) mass is 469 g/mol. The summed E-state index contributed by atoms with van der Waals surface area (Å²) in [7, 11) is 3.89. The van der Waals surface area contributed by atoms with Crippen molar-refractivity contribution in [3.05, 3.63) is 95.1 Å². The van der Waals surface area contributed by atoms with Gasteiger partial charge in [-0.2, -0.15) is 0 Å². The van der Waals surface area contributed by atoms with E-state index >= 15 is 0 Å². The molecule has 0 spiro atoms. The standard InChI is InChI=1S/C27H23N3O3S/c1-16-9-14-20-21(15-16)34-27(28-20)30-23(17-10-12-19(13-11-17)29(2)3)22(25(32)26(30)33)24(31)18-7-5-4-6-8-18/h4-15,23,31H,1-3H3/b24-22+. The van der Waals surface area contributed by atoms with E-state index in [9.17, 15) is 14.7 Å². The number of carbonyl (C=O) groups is 2. The summed E-state index contributed by atoms with van der Waals surface area (Å²) >= 11 is 1.36. The Bertz CT molecular complexity index is 1440. The minimum absolute atomic E-state index is 0.0595. The Balaban J connectivity index is 1.72. The zero-order valence-corrected chi connectivity index (χ0v) is 19.8. The van der Waals surface area contributed by atoms with Gasteiger partial charge < -0.3 is 10.0 Å². The van der Waals surface area contributed by atoms with Crippen molar-refractivity contribution in [2.24, 2.45) is 0 Å². The quantitative estimate of drug-likeness (QED) is 0.250. The number of hydrogen-bond acceptors (Lipinski definition) is 6. The molecule has 170 valence electrons. The lowest BCUT2D eigenvalue weighted by Crippen LogP contribution is -2.29. The van der Waals surface area contributed by atoms with Crippen LogP contribution in [0.4, 0.5) is 10.8 Å². The predicted molar refractivity (Wildman–Crippen MR) is 136 cm³/mol. The van der Waals surface area contributed by atoms with Crippen molar-refractivity contribution in [1.29, 1.82) is 0 Å². The van der Waals surface area contributed by atoms with Gasteiger partial charge in [0.1, 0.15) is 5.76 Å². The van der Waals surface area contributed by atoms with Crippen LogP contribution in [0, 0.1) is 6.92 Å². The SMILES string of the molecule is Cc1ccc2nc(N3C(=O)C(=O)/C(=C(/O)c4ccccc4)C3c3ccc(N(C)C)cc3)sc2c1. The van der Waals surface area contributed by atoms with Gasteiger partial charge in [0.15, 0.2) is 5.13 Å². The van der Waals surface area contributed by atoms with Gasteiger partial charge in [0.2, 0.25) is 0 Å². The molecule has 1 aliphatic heterocycles. The molecule has 0 saturated carbocycles. The van der Waals surface area contributed by atoms with E-state index < -0.39 is 17.7 Å². The maximum atomic E-state index is 13.3. The zero-order chi connectivity index (χ0) is 24.0. The number of amides is 1. The number of aliphatic hydroxyl groups excluding tert-OH is 1. The summed E-state index contributed by atoms with van der Waals surface area (Å²) in [4.78, 5) is 34.7. The molecule has 34 heavy (non-hydrogen) atoms. The molecule has 1 amide bonds. The largest absolute Gasteiger partial charge is 0.507 e. The van der Waals surface area contributed by atoms with Gasteiger partial charge in [-0.05, 0) is 42.3 Å². The molecular weight excluding hydrogens is 446 g/mol. The van der Waals surface area contributed by atoms with E-state index in [2.05, 4.69) is 4.98 Å². The summed E-state index contributed by atoms with van der Waals surface area (Å²) in [5.41, 5.74) is 4.10. The summed E-state index contributed by atoms with van der Waals surface area (Å²) in [5, 5.41) is 11.6. The number of hydrogen-bond donors (Lipinski definition) is 1. The number of thiazole rings is 1. The Labute approximate surface area is 201 Å². The van der Waals surface area contributed by atoms with Crippen LogP contribution in [0.5, 0.6) is 0 Å². The second kappa shape index (κ2) is 8.43. The molecule has 0 aliphatic carbocycles. The lowest BCUT2D eigenvalue weighted by Gasteiger charge is -2.23. The van der Waals surface area contributed by atoms with E-state index in [-0.39, 0.29) is 11.3 Å². The minimum atomic E-state index is -0.793. The third kappa shape index (κ3) is 3.64. The molecule has 1 fully saturated rings. The van der Waals surface area contributed by atoms with Crippen LogP contribution in [-0.2, 0) is 9.59 Å². The molecule has 0 bridgehead atoms. The van der Waals surface area contributed by atoms with E-state index in [1.165, 1.54) is 16.2 Å². The molecule has 1 unspecified atom stereocenters. The third-order valence-electron chi connectivity index (χ3n) is 5.96. The first-order valence-corrected chi connectivity index (χ1v) is 11.7. The number of aliphatic hydroxyl groups is 1. The van der Waals surface area contributed by atoms with Crippen LogP contribution in [0.2, 0.25) is 0 Å². The first-order chi connectivity index (χ1) is 16.3. The van der Waals surface area contributed by atoms with Crippen LogP contribution in [0.3, 0.4) is 0 Å². The predicted octanol–water partition coefficient (Wildman–Crippen LogP) is 5.30. The Morgan fingerprint density at radius 3 is 2.38 bits per heavy atom. The molecule has 7 heteroatoms. The molecule has 0 radical (unpaired) electrons. The fourth-order valence-electron chi connectivity index (χ4n) is 4.17. The van der Waals surface area contributed by atoms with Crippen LogP contribution < -0.4 is 9.80 Å². The summed E-state index contributed by atoms with van der Waals surface area (Å²) < 4.78 is 0.932. The van der Waals surface area contributed by atoms with Gasteiger partial charge >= 0.3 is 5.91 Å². The molecule has 4 aromatic rings. The van der Waals surface area contributed by atoms with Crippen LogP contribution in [0.1, 0.15) is 22.7 Å². The number of Topliss-reactive ketones (excluding diaryl/α,β-unsaturated/α-hetero) is 1. The summed E-state index contributed by atoms with van der Waals surface area (Å²) in [6, 6.07) is 21.5. The number of benzene rings is 3. The van der Waals surface area contributed by atoms with Crippen LogP contribution in [0.25, 0.3) is 16.0 Å². The Hall–Kier alpha value is -3.97. The lowest BCUT2D eigenvalue weighted by atomic mass is 9.95. The zero-order valence-electron chi connectivity index (χ0n) is 19.0. The van der Waals surface area contributed by atoms with Crippen molar-refractivity contribution in [2.75, 3.05) is 23.9 Å². The smallest absolute Gasteiger partial charge is 0.301 e. The van der Waals surface area contributed by atoms with Gasteiger partial charge in [-0.3, -0.25) is 14.5 Å². The Kier molecular flexibility index (Phi) is 5.42.